The van der Waals surface area contributed by atoms with Gasteiger partial charge in [-0.2, -0.15) is 0 Å². The second-order valence-electron chi connectivity index (χ2n) is 14.8. The van der Waals surface area contributed by atoms with Crippen molar-refractivity contribution in [3.05, 3.63) is 69.4 Å². The number of carbonyl (C=O) groups is 3. The number of allylic oxidation sites excluding steroid dienone is 5. The lowest BCUT2D eigenvalue weighted by Gasteiger charge is -2.56. The molecule has 2 fully saturated rings. The van der Waals surface area contributed by atoms with Crippen molar-refractivity contribution in [2.45, 2.75) is 110 Å². The Morgan fingerprint density at radius 3 is 2.35 bits per heavy atom. The molecule has 244 valence electrons. The zero-order chi connectivity index (χ0) is 33.6. The van der Waals surface area contributed by atoms with Crippen molar-refractivity contribution in [3.8, 4) is 17.2 Å². The molecule has 4 bridgehead atoms. The van der Waals surface area contributed by atoms with Gasteiger partial charge in [-0.05, 0) is 93.2 Å². The van der Waals surface area contributed by atoms with Crippen LogP contribution in [0.2, 0.25) is 0 Å². The highest BCUT2D eigenvalue weighted by Gasteiger charge is 2.81. The molecule has 1 unspecified atom stereocenters. The number of aliphatic carboxylic acids is 1. The van der Waals surface area contributed by atoms with Crippen molar-refractivity contribution >= 4 is 23.6 Å². The third-order valence-electron chi connectivity index (χ3n) is 10.5. The SMILES string of the molecule is CC(C)=CCC[C@]1(C)C=Cc2c(O)c3c(c(CC=C(C)C)c2O1)O[C@]12C(=CC4C[C@H]1C(C)(C)O[C@@]2(C/C=C(/C)C(=O)O)C4=O)C3=O. The van der Waals surface area contributed by atoms with Crippen LogP contribution < -0.4 is 9.47 Å². The molecule has 1 saturated heterocycles. The summed E-state index contributed by atoms with van der Waals surface area (Å²) in [5, 5.41) is 21.4. The lowest BCUT2D eigenvalue weighted by Crippen LogP contribution is -2.72. The van der Waals surface area contributed by atoms with Crippen LogP contribution in [0.5, 0.6) is 17.2 Å². The number of phenolic OH excluding ortho intramolecular Hbond substituents is 1. The highest BCUT2D eigenvalue weighted by molar-refractivity contribution is 6.19. The van der Waals surface area contributed by atoms with E-state index < -0.39 is 40.1 Å². The van der Waals surface area contributed by atoms with Crippen molar-refractivity contribution in [3.63, 3.8) is 0 Å². The second kappa shape index (κ2) is 10.6. The van der Waals surface area contributed by atoms with Gasteiger partial charge in [-0.1, -0.05) is 35.5 Å². The molecule has 1 saturated carbocycles. The lowest BCUT2D eigenvalue weighted by atomic mass is 9.51. The Morgan fingerprint density at radius 1 is 1.00 bits per heavy atom. The van der Waals surface area contributed by atoms with Gasteiger partial charge < -0.3 is 24.4 Å². The number of ketones is 2. The summed E-state index contributed by atoms with van der Waals surface area (Å²) in [6, 6.07) is 0. The van der Waals surface area contributed by atoms with Gasteiger partial charge in [0, 0.05) is 35.0 Å². The van der Waals surface area contributed by atoms with Crippen LogP contribution in [0.1, 0.15) is 103 Å². The number of fused-ring (bicyclic) bond motifs is 2. The summed E-state index contributed by atoms with van der Waals surface area (Å²) in [6.07, 6.45) is 13.4. The zero-order valence-electron chi connectivity index (χ0n) is 28.0. The molecule has 0 aromatic heterocycles. The van der Waals surface area contributed by atoms with Gasteiger partial charge in [-0.15, -0.1) is 0 Å². The van der Waals surface area contributed by atoms with Gasteiger partial charge in [0.15, 0.2) is 22.8 Å². The van der Waals surface area contributed by atoms with Crippen LogP contribution in [-0.2, 0) is 20.7 Å². The van der Waals surface area contributed by atoms with Crippen LogP contribution in [0, 0.1) is 11.8 Å². The number of aromatic hydroxyl groups is 1. The van der Waals surface area contributed by atoms with Crippen LogP contribution in [0.4, 0.5) is 0 Å². The van der Waals surface area contributed by atoms with E-state index in [-0.39, 0.29) is 40.8 Å². The fourth-order valence-electron chi connectivity index (χ4n) is 8.17. The predicted molar refractivity (Wildman–Crippen MR) is 174 cm³/mol. The quantitative estimate of drug-likeness (QED) is 0.228. The van der Waals surface area contributed by atoms with E-state index >= 15 is 0 Å². The Morgan fingerprint density at radius 2 is 1.70 bits per heavy atom. The number of benzene rings is 1. The first-order valence-electron chi connectivity index (χ1n) is 16.2. The Labute approximate surface area is 270 Å². The number of Topliss-reactive ketones (excluding diaryl/α,β-unsaturated/α-hetero) is 2. The summed E-state index contributed by atoms with van der Waals surface area (Å²) in [6.45, 7) is 15.4. The first kappa shape index (κ1) is 32.0. The summed E-state index contributed by atoms with van der Waals surface area (Å²) in [5.74, 6) is -2.28. The number of carboxylic acids is 1. The van der Waals surface area contributed by atoms with E-state index in [1.54, 1.807) is 6.08 Å². The van der Waals surface area contributed by atoms with Crippen LogP contribution in [0.15, 0.2) is 52.7 Å². The molecule has 3 heterocycles. The molecule has 1 aromatic carbocycles. The predicted octanol–water partition coefficient (Wildman–Crippen LogP) is 7.24. The molecule has 0 amide bonds. The van der Waals surface area contributed by atoms with Crippen molar-refractivity contribution < 1.29 is 38.8 Å². The van der Waals surface area contributed by atoms with Crippen LogP contribution >= 0.6 is 0 Å². The maximum atomic E-state index is 14.7. The van der Waals surface area contributed by atoms with E-state index in [1.807, 2.05) is 52.8 Å². The van der Waals surface area contributed by atoms with Crippen LogP contribution in [0.3, 0.4) is 0 Å². The molecule has 1 aromatic rings. The van der Waals surface area contributed by atoms with Gasteiger partial charge >= 0.3 is 5.97 Å². The molecule has 8 nitrogen and oxygen atoms in total. The normalized spacial score (nSPS) is 31.2. The number of carboxylic acid groups (broad SMARTS) is 1. The van der Waals surface area contributed by atoms with E-state index in [2.05, 4.69) is 19.9 Å². The number of rotatable bonds is 8. The Kier molecular flexibility index (Phi) is 7.36. The highest BCUT2D eigenvalue weighted by atomic mass is 16.6. The van der Waals surface area contributed by atoms with E-state index in [1.165, 1.54) is 18.6 Å². The number of phenols is 1. The van der Waals surface area contributed by atoms with Crippen molar-refractivity contribution in [2.24, 2.45) is 11.8 Å². The average molecular weight is 629 g/mol. The molecule has 46 heavy (non-hydrogen) atoms. The summed E-state index contributed by atoms with van der Waals surface area (Å²) < 4.78 is 20.6. The molecule has 7 rings (SSSR count). The Bertz CT molecular complexity index is 1730. The van der Waals surface area contributed by atoms with Gasteiger partial charge in [0.05, 0.1) is 11.2 Å². The average Bonchev–Trinajstić information content (AvgIpc) is 3.12. The minimum absolute atomic E-state index is 0.0544. The molecule has 5 atom stereocenters. The molecule has 1 spiro atoms. The van der Waals surface area contributed by atoms with Gasteiger partial charge in [-0.3, -0.25) is 9.59 Å². The summed E-state index contributed by atoms with van der Waals surface area (Å²) in [4.78, 5) is 40.8. The van der Waals surface area contributed by atoms with Crippen LogP contribution in [0.25, 0.3) is 6.08 Å². The molecule has 0 radical (unpaired) electrons. The smallest absolute Gasteiger partial charge is 0.330 e. The second-order valence-corrected chi connectivity index (χ2v) is 14.8. The molecule has 3 aliphatic heterocycles. The first-order chi connectivity index (χ1) is 21.5. The van der Waals surface area contributed by atoms with Crippen molar-refractivity contribution in [2.75, 3.05) is 0 Å². The monoisotopic (exact) mass is 628 g/mol. The summed E-state index contributed by atoms with van der Waals surface area (Å²) in [7, 11) is 0. The summed E-state index contributed by atoms with van der Waals surface area (Å²) in [5.41, 5.74) is -0.952. The Balaban J connectivity index is 1.59. The standard InChI is InChI=1S/C38H44O8/c1-20(2)10-9-15-36(8)16-14-24-29(39)28-30(40)26-18-23-19-27-35(6,7)46-37(33(23)41,17-13-22(5)34(42)43)38(26,27)45-32(28)25(31(24)44-36)12-11-21(3)4/h10-11,13-14,16,18,23,27,39H,9,12,15,17,19H2,1-8H3,(H,42,43)/b22-13-/t23?,27-,36+,37-,38+/m0/s1. The molecule has 3 aliphatic carbocycles. The maximum absolute atomic E-state index is 14.7. The third-order valence-corrected chi connectivity index (χ3v) is 10.5. The van der Waals surface area contributed by atoms with Crippen molar-refractivity contribution in [1.29, 1.82) is 0 Å². The number of carbonyl (C=O) groups excluding carboxylic acids is 2. The molecule has 6 aliphatic rings. The van der Waals surface area contributed by atoms with E-state index in [4.69, 9.17) is 14.2 Å². The third kappa shape index (κ3) is 4.47. The van der Waals surface area contributed by atoms with E-state index in [0.717, 1.165) is 12.0 Å². The number of hydrogen-bond acceptors (Lipinski definition) is 7. The Hall–Kier alpha value is -3.91. The van der Waals surface area contributed by atoms with Gasteiger partial charge in [0.1, 0.15) is 28.4 Å². The lowest BCUT2D eigenvalue weighted by molar-refractivity contribution is -0.171. The van der Waals surface area contributed by atoms with Gasteiger partial charge in [0.2, 0.25) is 0 Å². The van der Waals surface area contributed by atoms with E-state index in [0.29, 0.717) is 41.7 Å². The minimum atomic E-state index is -1.63. The van der Waals surface area contributed by atoms with Crippen molar-refractivity contribution in [1.82, 2.24) is 0 Å². The number of ether oxygens (including phenoxy) is 3. The largest absolute Gasteiger partial charge is 0.506 e. The molecule has 2 N–H and O–H groups in total. The van der Waals surface area contributed by atoms with Gasteiger partial charge in [0.25, 0.3) is 0 Å². The fraction of sp³-hybridized carbons (Fsp3) is 0.500. The van der Waals surface area contributed by atoms with Crippen LogP contribution in [-0.4, -0.2) is 50.2 Å². The summed E-state index contributed by atoms with van der Waals surface area (Å²) >= 11 is 0. The van der Waals surface area contributed by atoms with Gasteiger partial charge in [-0.25, -0.2) is 4.79 Å². The molecular weight excluding hydrogens is 584 g/mol. The number of hydrogen-bond donors (Lipinski definition) is 2. The topological polar surface area (TPSA) is 119 Å². The van der Waals surface area contributed by atoms with E-state index in [9.17, 15) is 24.6 Å². The highest BCUT2D eigenvalue weighted by Crippen LogP contribution is 2.68. The fourth-order valence-corrected chi connectivity index (χ4v) is 8.17. The molecule has 8 heteroatoms. The maximum Gasteiger partial charge on any atom is 0.330 e. The zero-order valence-corrected chi connectivity index (χ0v) is 28.0. The minimum Gasteiger partial charge on any atom is -0.506 e. The first-order valence-corrected chi connectivity index (χ1v) is 16.2. The molecular formula is C38H44O8.